The molecule has 1 unspecified atom stereocenters. The van der Waals surface area contributed by atoms with Crippen molar-refractivity contribution in [3.05, 3.63) is 17.2 Å². The van der Waals surface area contributed by atoms with Crippen LogP contribution in [0.5, 0.6) is 11.5 Å². The van der Waals surface area contributed by atoms with Gasteiger partial charge in [0.1, 0.15) is 11.5 Å². The molecule has 0 bridgehead atoms. The van der Waals surface area contributed by atoms with E-state index in [1.54, 1.807) is 20.3 Å². The van der Waals surface area contributed by atoms with Crippen LogP contribution in [0.15, 0.2) is 12.1 Å². The van der Waals surface area contributed by atoms with Gasteiger partial charge in [0.15, 0.2) is 0 Å². The van der Waals surface area contributed by atoms with E-state index in [-0.39, 0.29) is 11.7 Å². The summed E-state index contributed by atoms with van der Waals surface area (Å²) >= 11 is 6.09. The fourth-order valence-electron chi connectivity index (χ4n) is 2.44. The molecule has 0 saturated carbocycles. The molecule has 1 saturated heterocycles. The van der Waals surface area contributed by atoms with Crippen molar-refractivity contribution in [2.24, 2.45) is 0 Å². The second-order valence-electron chi connectivity index (χ2n) is 5.61. The molecule has 0 radical (unpaired) electrons. The molecule has 0 aliphatic carbocycles. The minimum atomic E-state index is -0.0197. The van der Waals surface area contributed by atoms with Crippen LogP contribution in [-0.2, 0) is 4.74 Å². The van der Waals surface area contributed by atoms with Gasteiger partial charge in [-0.2, -0.15) is 0 Å². The molecular weight excluding hydrogens is 278 g/mol. The lowest BCUT2D eigenvalue weighted by atomic mass is 10.1. The van der Waals surface area contributed by atoms with Crippen molar-refractivity contribution in [3.8, 4) is 11.5 Å². The van der Waals surface area contributed by atoms with E-state index in [9.17, 15) is 0 Å². The highest BCUT2D eigenvalue weighted by atomic mass is 35.5. The third kappa shape index (κ3) is 3.49. The molecule has 1 atom stereocenters. The number of methoxy groups -OCH3 is 2. The first-order chi connectivity index (χ1) is 9.45. The molecule has 1 aliphatic heterocycles. The Morgan fingerprint density at radius 3 is 2.55 bits per heavy atom. The van der Waals surface area contributed by atoms with Gasteiger partial charge in [0, 0.05) is 18.7 Å². The number of rotatable bonds is 5. The lowest BCUT2D eigenvalue weighted by Gasteiger charge is -2.20. The summed E-state index contributed by atoms with van der Waals surface area (Å²) in [6.07, 6.45) is 2.37. The Kier molecular flexibility index (Phi) is 4.66. The smallest absolute Gasteiger partial charge is 0.143 e. The molecule has 1 aliphatic rings. The highest BCUT2D eigenvalue weighted by Gasteiger charge is 2.31. The topological polar surface area (TPSA) is 39.7 Å². The Morgan fingerprint density at radius 1 is 1.30 bits per heavy atom. The second kappa shape index (κ2) is 6.10. The lowest BCUT2D eigenvalue weighted by Crippen LogP contribution is -2.24. The molecule has 1 heterocycles. The maximum atomic E-state index is 6.09. The molecule has 1 aromatic carbocycles. The average molecular weight is 300 g/mol. The molecule has 0 spiro atoms. The van der Waals surface area contributed by atoms with Crippen molar-refractivity contribution in [1.82, 2.24) is 0 Å². The molecule has 2 rings (SSSR count). The van der Waals surface area contributed by atoms with E-state index in [0.717, 1.165) is 25.1 Å². The van der Waals surface area contributed by atoms with E-state index < -0.39 is 0 Å². The SMILES string of the molecule is COc1cc(NCC2CCC(C)(C)O2)c(OC)cc1Cl. The Morgan fingerprint density at radius 2 is 2.00 bits per heavy atom. The average Bonchev–Trinajstić information content (AvgIpc) is 2.76. The van der Waals surface area contributed by atoms with Crippen molar-refractivity contribution < 1.29 is 14.2 Å². The van der Waals surface area contributed by atoms with Crippen molar-refractivity contribution >= 4 is 17.3 Å². The maximum absolute atomic E-state index is 6.09. The number of benzene rings is 1. The second-order valence-corrected chi connectivity index (χ2v) is 6.01. The van der Waals surface area contributed by atoms with E-state index in [1.807, 2.05) is 6.07 Å². The number of hydrogen-bond acceptors (Lipinski definition) is 4. The molecule has 1 aromatic rings. The standard InChI is InChI=1S/C15H22ClNO3/c1-15(2)6-5-10(20-15)9-17-12-8-13(18-3)11(16)7-14(12)19-4/h7-8,10,17H,5-6,9H2,1-4H3. The summed E-state index contributed by atoms with van der Waals surface area (Å²) in [5.41, 5.74) is 0.843. The third-order valence-corrected chi connectivity index (χ3v) is 3.84. The number of nitrogens with one attached hydrogen (secondary N) is 1. The minimum absolute atomic E-state index is 0.0197. The van der Waals surface area contributed by atoms with E-state index >= 15 is 0 Å². The van der Waals surface area contributed by atoms with Crippen LogP contribution in [0.3, 0.4) is 0 Å². The molecular formula is C15H22ClNO3. The zero-order valence-corrected chi connectivity index (χ0v) is 13.2. The van der Waals surface area contributed by atoms with Crippen LogP contribution >= 0.6 is 11.6 Å². The Hall–Kier alpha value is -1.13. The van der Waals surface area contributed by atoms with Crippen LogP contribution in [0.4, 0.5) is 5.69 Å². The van der Waals surface area contributed by atoms with Gasteiger partial charge in [0.2, 0.25) is 0 Å². The van der Waals surface area contributed by atoms with Crippen LogP contribution in [-0.4, -0.2) is 32.5 Å². The molecule has 1 N–H and O–H groups in total. The van der Waals surface area contributed by atoms with Crippen LogP contribution in [0.25, 0.3) is 0 Å². The molecule has 112 valence electrons. The first-order valence-corrected chi connectivity index (χ1v) is 7.16. The summed E-state index contributed by atoms with van der Waals surface area (Å²) < 4.78 is 16.5. The van der Waals surface area contributed by atoms with Gasteiger partial charge in [-0.25, -0.2) is 0 Å². The molecule has 0 amide bonds. The van der Waals surface area contributed by atoms with Gasteiger partial charge in [-0.05, 0) is 26.7 Å². The van der Waals surface area contributed by atoms with Crippen molar-refractivity contribution in [2.45, 2.75) is 38.4 Å². The Balaban J connectivity index is 2.05. The van der Waals surface area contributed by atoms with Crippen molar-refractivity contribution in [1.29, 1.82) is 0 Å². The summed E-state index contributed by atoms with van der Waals surface area (Å²) in [5.74, 6) is 1.33. The normalized spacial score (nSPS) is 20.8. The number of hydrogen-bond donors (Lipinski definition) is 1. The number of ether oxygens (including phenoxy) is 3. The fraction of sp³-hybridized carbons (Fsp3) is 0.600. The lowest BCUT2D eigenvalue weighted by molar-refractivity contribution is -0.00912. The van der Waals surface area contributed by atoms with Crippen LogP contribution in [0.2, 0.25) is 5.02 Å². The third-order valence-electron chi connectivity index (χ3n) is 3.55. The van der Waals surface area contributed by atoms with E-state index in [4.69, 9.17) is 25.8 Å². The zero-order chi connectivity index (χ0) is 14.8. The number of halogens is 1. The molecule has 5 heteroatoms. The molecule has 1 fully saturated rings. The minimum Gasteiger partial charge on any atom is -0.495 e. The maximum Gasteiger partial charge on any atom is 0.143 e. The van der Waals surface area contributed by atoms with E-state index in [1.165, 1.54) is 0 Å². The largest absolute Gasteiger partial charge is 0.495 e. The first-order valence-electron chi connectivity index (χ1n) is 6.78. The summed E-state index contributed by atoms with van der Waals surface area (Å²) in [6, 6.07) is 3.60. The molecule has 20 heavy (non-hydrogen) atoms. The summed E-state index contributed by atoms with van der Waals surface area (Å²) in [5, 5.41) is 3.89. The predicted octanol–water partition coefficient (Wildman–Crippen LogP) is 3.73. The Labute approximate surface area is 125 Å². The van der Waals surface area contributed by atoms with E-state index in [2.05, 4.69) is 19.2 Å². The molecule has 4 nitrogen and oxygen atoms in total. The van der Waals surface area contributed by atoms with Crippen LogP contribution in [0.1, 0.15) is 26.7 Å². The van der Waals surface area contributed by atoms with Crippen molar-refractivity contribution in [2.75, 3.05) is 26.1 Å². The predicted molar refractivity (Wildman–Crippen MR) is 81.2 cm³/mol. The quantitative estimate of drug-likeness (QED) is 0.899. The fourth-order valence-corrected chi connectivity index (χ4v) is 2.67. The number of anilines is 1. The van der Waals surface area contributed by atoms with Gasteiger partial charge in [0.25, 0.3) is 0 Å². The Bertz CT molecular complexity index is 476. The molecule has 0 aromatic heterocycles. The van der Waals surface area contributed by atoms with Gasteiger partial charge in [-0.1, -0.05) is 11.6 Å². The van der Waals surface area contributed by atoms with Gasteiger partial charge < -0.3 is 19.5 Å². The summed E-state index contributed by atoms with van der Waals surface area (Å²) in [7, 11) is 3.22. The van der Waals surface area contributed by atoms with Crippen LogP contribution < -0.4 is 14.8 Å². The summed E-state index contributed by atoms with van der Waals surface area (Å²) in [4.78, 5) is 0. The highest BCUT2D eigenvalue weighted by molar-refractivity contribution is 6.32. The van der Waals surface area contributed by atoms with Gasteiger partial charge in [-0.3, -0.25) is 0 Å². The first kappa shape index (κ1) is 15.3. The monoisotopic (exact) mass is 299 g/mol. The van der Waals surface area contributed by atoms with Crippen molar-refractivity contribution in [3.63, 3.8) is 0 Å². The van der Waals surface area contributed by atoms with Gasteiger partial charge in [-0.15, -0.1) is 0 Å². The van der Waals surface area contributed by atoms with Gasteiger partial charge >= 0.3 is 0 Å². The summed E-state index contributed by atoms with van der Waals surface area (Å²) in [6.45, 7) is 4.99. The zero-order valence-electron chi connectivity index (χ0n) is 12.5. The van der Waals surface area contributed by atoms with Crippen LogP contribution in [0, 0.1) is 0 Å². The highest BCUT2D eigenvalue weighted by Crippen LogP contribution is 2.36. The van der Waals surface area contributed by atoms with Gasteiger partial charge in [0.05, 0.1) is 36.6 Å². The van der Waals surface area contributed by atoms with E-state index in [0.29, 0.717) is 16.5 Å².